The number of aliphatic carboxylic acids is 1. The lowest BCUT2D eigenvalue weighted by Crippen LogP contribution is -2.40. The van der Waals surface area contributed by atoms with Gasteiger partial charge in [0.1, 0.15) is 0 Å². The minimum Gasteiger partial charge on any atom is -0.480 e. The third-order valence-corrected chi connectivity index (χ3v) is 2.83. The monoisotopic (exact) mass is 264 g/mol. The Hall–Kier alpha value is -1.88. The summed E-state index contributed by atoms with van der Waals surface area (Å²) < 4.78 is 0. The number of carboxylic acid groups (broad SMARTS) is 1. The number of hydrogen-bond acceptors (Lipinski definition) is 3. The lowest BCUT2D eigenvalue weighted by Gasteiger charge is -2.25. The van der Waals surface area contributed by atoms with E-state index in [4.69, 9.17) is 5.11 Å². The Bertz CT molecular complexity index is 460. The predicted octanol–water partition coefficient (Wildman–Crippen LogP) is 1.36. The molecule has 0 spiro atoms. The molecule has 0 aliphatic heterocycles. The maximum Gasteiger partial charge on any atom is 0.317 e. The van der Waals surface area contributed by atoms with Crippen molar-refractivity contribution in [2.24, 2.45) is 0 Å². The molecule has 0 saturated carbocycles. The topological polar surface area (TPSA) is 60.9 Å². The molecule has 5 nitrogen and oxygen atoms in total. The summed E-state index contributed by atoms with van der Waals surface area (Å²) in [5.74, 6) is -1.03. The third-order valence-electron chi connectivity index (χ3n) is 2.83. The van der Waals surface area contributed by atoms with Gasteiger partial charge in [-0.15, -0.1) is 0 Å². The molecule has 104 valence electrons. The Morgan fingerprint density at radius 3 is 2.37 bits per heavy atom. The number of carboxylic acids is 1. The number of likely N-dealkylation sites (N-methyl/N-ethyl adjacent to an activating group) is 2. The summed E-state index contributed by atoms with van der Waals surface area (Å²) in [5, 5.41) is 8.69. The van der Waals surface area contributed by atoms with Crippen LogP contribution in [0, 0.1) is 6.92 Å². The zero-order valence-electron chi connectivity index (χ0n) is 11.6. The molecule has 0 atom stereocenters. The molecule has 1 N–H and O–H groups in total. The number of rotatable bonds is 6. The van der Waals surface area contributed by atoms with Gasteiger partial charge in [0.15, 0.2) is 0 Å². The first-order valence-electron chi connectivity index (χ1n) is 6.22. The third kappa shape index (κ3) is 4.37. The summed E-state index contributed by atoms with van der Waals surface area (Å²) in [5.41, 5.74) is 1.90. The fourth-order valence-electron chi connectivity index (χ4n) is 1.95. The highest BCUT2D eigenvalue weighted by Crippen LogP contribution is 2.19. The van der Waals surface area contributed by atoms with Crippen LogP contribution in [0.4, 0.5) is 5.69 Å². The van der Waals surface area contributed by atoms with E-state index in [0.29, 0.717) is 6.54 Å². The second kappa shape index (κ2) is 6.89. The minimum atomic E-state index is -0.936. The van der Waals surface area contributed by atoms with Gasteiger partial charge in [-0.25, -0.2) is 0 Å². The zero-order chi connectivity index (χ0) is 14.4. The summed E-state index contributed by atoms with van der Waals surface area (Å²) >= 11 is 0. The number of benzene rings is 1. The molecule has 0 bridgehead atoms. The van der Waals surface area contributed by atoms with Gasteiger partial charge in [-0.05, 0) is 32.5 Å². The van der Waals surface area contributed by atoms with Gasteiger partial charge in [-0.2, -0.15) is 0 Å². The van der Waals surface area contributed by atoms with Gasteiger partial charge in [-0.1, -0.05) is 18.2 Å². The molecule has 0 aliphatic carbocycles. The quantitative estimate of drug-likeness (QED) is 0.843. The summed E-state index contributed by atoms with van der Waals surface area (Å²) in [6, 6.07) is 7.66. The molecule has 0 fully saturated rings. The van der Waals surface area contributed by atoms with Crippen molar-refractivity contribution >= 4 is 17.6 Å². The second-order valence-corrected chi connectivity index (χ2v) is 4.49. The highest BCUT2D eigenvalue weighted by atomic mass is 16.4. The van der Waals surface area contributed by atoms with E-state index in [1.54, 1.807) is 11.9 Å². The Labute approximate surface area is 113 Å². The number of carbonyl (C=O) groups excluding carboxylic acids is 1. The van der Waals surface area contributed by atoms with Gasteiger partial charge < -0.3 is 10.0 Å². The van der Waals surface area contributed by atoms with E-state index in [2.05, 4.69) is 0 Å². The average Bonchev–Trinajstić information content (AvgIpc) is 2.31. The number of hydrogen-bond donors (Lipinski definition) is 1. The van der Waals surface area contributed by atoms with Crippen molar-refractivity contribution in [2.75, 3.05) is 31.6 Å². The Balaban J connectivity index is 2.78. The first kappa shape index (κ1) is 15.2. The van der Waals surface area contributed by atoms with Gasteiger partial charge in [-0.3, -0.25) is 14.5 Å². The molecule has 0 radical (unpaired) electrons. The highest BCUT2D eigenvalue weighted by Gasteiger charge is 2.18. The fourth-order valence-corrected chi connectivity index (χ4v) is 1.95. The van der Waals surface area contributed by atoms with Crippen molar-refractivity contribution in [1.82, 2.24) is 4.90 Å². The van der Waals surface area contributed by atoms with Crippen molar-refractivity contribution in [1.29, 1.82) is 0 Å². The summed E-state index contributed by atoms with van der Waals surface area (Å²) in [6.45, 7) is 4.36. The molecule has 0 aromatic heterocycles. The van der Waals surface area contributed by atoms with Crippen LogP contribution in [0.2, 0.25) is 0 Å². The van der Waals surface area contributed by atoms with E-state index < -0.39 is 5.97 Å². The summed E-state index contributed by atoms with van der Waals surface area (Å²) in [6.07, 6.45) is 0. The molecular formula is C14H20N2O3. The molecule has 0 saturated heterocycles. The normalized spacial score (nSPS) is 10.5. The van der Waals surface area contributed by atoms with E-state index >= 15 is 0 Å². The zero-order valence-corrected chi connectivity index (χ0v) is 11.6. The average molecular weight is 264 g/mol. The van der Waals surface area contributed by atoms with Crippen LogP contribution in [0.3, 0.4) is 0 Å². The molecule has 1 aromatic carbocycles. The maximum absolute atomic E-state index is 12.2. The molecular weight excluding hydrogens is 244 g/mol. The highest BCUT2D eigenvalue weighted by molar-refractivity contribution is 5.95. The minimum absolute atomic E-state index is 0.0917. The number of anilines is 1. The van der Waals surface area contributed by atoms with Crippen LogP contribution in [0.25, 0.3) is 0 Å². The van der Waals surface area contributed by atoms with Gasteiger partial charge in [0, 0.05) is 12.2 Å². The van der Waals surface area contributed by atoms with Crippen molar-refractivity contribution in [3.8, 4) is 0 Å². The van der Waals surface area contributed by atoms with Crippen LogP contribution in [-0.4, -0.2) is 48.6 Å². The van der Waals surface area contributed by atoms with E-state index in [1.165, 1.54) is 4.90 Å². The van der Waals surface area contributed by atoms with E-state index in [0.717, 1.165) is 11.3 Å². The van der Waals surface area contributed by atoms with E-state index in [-0.39, 0.29) is 19.0 Å². The van der Waals surface area contributed by atoms with E-state index in [9.17, 15) is 9.59 Å². The smallest absolute Gasteiger partial charge is 0.317 e. The lowest BCUT2D eigenvalue weighted by atomic mass is 10.2. The molecule has 1 rings (SSSR count). The Morgan fingerprint density at radius 1 is 1.21 bits per heavy atom. The molecule has 19 heavy (non-hydrogen) atoms. The lowest BCUT2D eigenvalue weighted by molar-refractivity contribution is -0.138. The van der Waals surface area contributed by atoms with Gasteiger partial charge in [0.05, 0.1) is 13.1 Å². The number of carbonyl (C=O) groups is 2. The van der Waals surface area contributed by atoms with Crippen LogP contribution < -0.4 is 4.90 Å². The summed E-state index contributed by atoms with van der Waals surface area (Å²) in [7, 11) is 1.62. The molecule has 0 heterocycles. The molecule has 1 aromatic rings. The standard InChI is InChI=1S/C14H20N2O3/c1-4-16(12-8-6-5-7-11(12)2)13(17)9-15(3)10-14(18)19/h5-8H,4,9-10H2,1-3H3,(H,18,19). The molecule has 5 heteroatoms. The van der Waals surface area contributed by atoms with Crippen LogP contribution >= 0.6 is 0 Å². The second-order valence-electron chi connectivity index (χ2n) is 4.49. The van der Waals surface area contributed by atoms with Crippen molar-refractivity contribution < 1.29 is 14.7 Å². The van der Waals surface area contributed by atoms with E-state index in [1.807, 2.05) is 38.1 Å². The number of amides is 1. The van der Waals surface area contributed by atoms with Crippen molar-refractivity contribution in [3.63, 3.8) is 0 Å². The van der Waals surface area contributed by atoms with Gasteiger partial charge in [0.2, 0.25) is 5.91 Å². The number of para-hydroxylation sites is 1. The van der Waals surface area contributed by atoms with Crippen molar-refractivity contribution in [3.05, 3.63) is 29.8 Å². The first-order valence-corrected chi connectivity index (χ1v) is 6.22. The SMILES string of the molecule is CCN(C(=O)CN(C)CC(=O)O)c1ccccc1C. The summed E-state index contributed by atoms with van der Waals surface area (Å²) in [4.78, 5) is 26.0. The number of nitrogens with zero attached hydrogens (tertiary/aromatic N) is 2. The largest absolute Gasteiger partial charge is 0.480 e. The van der Waals surface area contributed by atoms with Crippen molar-refractivity contribution in [2.45, 2.75) is 13.8 Å². The fraction of sp³-hybridized carbons (Fsp3) is 0.429. The maximum atomic E-state index is 12.2. The molecule has 0 unspecified atom stereocenters. The first-order chi connectivity index (χ1) is 8.95. The molecule has 1 amide bonds. The van der Waals surface area contributed by atoms with Gasteiger partial charge >= 0.3 is 5.97 Å². The Kier molecular flexibility index (Phi) is 5.51. The van der Waals surface area contributed by atoms with Crippen LogP contribution in [-0.2, 0) is 9.59 Å². The number of aryl methyl sites for hydroxylation is 1. The van der Waals surface area contributed by atoms with Gasteiger partial charge in [0.25, 0.3) is 0 Å². The van der Waals surface area contributed by atoms with Crippen LogP contribution in [0.15, 0.2) is 24.3 Å². The Morgan fingerprint density at radius 2 is 1.84 bits per heavy atom. The predicted molar refractivity (Wildman–Crippen MR) is 74.3 cm³/mol. The van der Waals surface area contributed by atoms with Crippen LogP contribution in [0.5, 0.6) is 0 Å². The molecule has 0 aliphatic rings. The van der Waals surface area contributed by atoms with Crippen LogP contribution in [0.1, 0.15) is 12.5 Å².